The number of hydrogen-bond acceptors (Lipinski definition) is 8. The Bertz CT molecular complexity index is 1180. The molecular formula is C21H23ClN8O. The van der Waals surface area contributed by atoms with E-state index >= 15 is 0 Å². The van der Waals surface area contributed by atoms with Crippen LogP contribution in [0.1, 0.15) is 29.7 Å². The number of imidazole rings is 1. The van der Waals surface area contributed by atoms with Crippen LogP contribution in [0.25, 0.3) is 5.65 Å². The molecule has 0 amide bonds. The number of hydrogen-bond donors (Lipinski definition) is 2. The van der Waals surface area contributed by atoms with Crippen LogP contribution >= 0.6 is 11.6 Å². The van der Waals surface area contributed by atoms with E-state index in [1.165, 1.54) is 0 Å². The summed E-state index contributed by atoms with van der Waals surface area (Å²) in [6.07, 6.45) is 1.76. The van der Waals surface area contributed by atoms with Gasteiger partial charge in [0.25, 0.3) is 0 Å². The fourth-order valence-corrected chi connectivity index (χ4v) is 4.30. The second-order valence-corrected chi connectivity index (χ2v) is 8.33. The van der Waals surface area contributed by atoms with Crippen LogP contribution in [0.2, 0.25) is 5.02 Å². The number of ether oxygens (including phenoxy) is 1. The fourth-order valence-electron chi connectivity index (χ4n) is 3.99. The lowest BCUT2D eigenvalue weighted by molar-refractivity contribution is -0.0905. The molecule has 3 aromatic rings. The summed E-state index contributed by atoms with van der Waals surface area (Å²) < 4.78 is 7.03. The molecule has 2 fully saturated rings. The van der Waals surface area contributed by atoms with E-state index in [-0.39, 0.29) is 0 Å². The van der Waals surface area contributed by atoms with Crippen molar-refractivity contribution in [3.05, 3.63) is 40.2 Å². The fraction of sp³-hybridized carbons (Fsp3) is 0.429. The molecule has 0 radical (unpaired) electrons. The van der Waals surface area contributed by atoms with Crippen molar-refractivity contribution in [1.29, 1.82) is 5.26 Å². The van der Waals surface area contributed by atoms with Gasteiger partial charge in [0, 0.05) is 25.6 Å². The summed E-state index contributed by atoms with van der Waals surface area (Å²) in [6.45, 7) is 8.08. The minimum Gasteiger partial charge on any atom is -0.378 e. The third kappa shape index (κ3) is 3.57. The molecule has 0 saturated carbocycles. The van der Waals surface area contributed by atoms with Gasteiger partial charge < -0.3 is 15.4 Å². The van der Waals surface area contributed by atoms with E-state index in [1.54, 1.807) is 16.8 Å². The maximum atomic E-state index is 9.57. The van der Waals surface area contributed by atoms with E-state index in [9.17, 15) is 5.26 Å². The van der Waals surface area contributed by atoms with Gasteiger partial charge in [0.2, 0.25) is 5.95 Å². The van der Waals surface area contributed by atoms with Crippen LogP contribution in [-0.4, -0.2) is 63.4 Å². The quantitative estimate of drug-likeness (QED) is 0.605. The van der Waals surface area contributed by atoms with E-state index < -0.39 is 0 Å². The number of nitrogens with one attached hydrogen (secondary N) is 2. The molecule has 4 heterocycles. The van der Waals surface area contributed by atoms with E-state index in [4.69, 9.17) is 16.3 Å². The maximum absolute atomic E-state index is 9.57. The first-order valence-electron chi connectivity index (χ1n) is 10.4. The Morgan fingerprint density at radius 1 is 1.32 bits per heavy atom. The molecule has 2 aliphatic rings. The first kappa shape index (κ1) is 20.0. The van der Waals surface area contributed by atoms with Gasteiger partial charge in [0.1, 0.15) is 0 Å². The molecule has 1 aromatic carbocycles. The van der Waals surface area contributed by atoms with E-state index in [0.29, 0.717) is 52.2 Å². The lowest BCUT2D eigenvalue weighted by atomic mass is 9.88. The predicted molar refractivity (Wildman–Crippen MR) is 118 cm³/mol. The third-order valence-electron chi connectivity index (χ3n) is 5.84. The van der Waals surface area contributed by atoms with Crippen LogP contribution in [0.15, 0.2) is 18.3 Å². The Balaban J connectivity index is 1.46. The molecule has 160 valence electrons. The highest BCUT2D eigenvalue weighted by Crippen LogP contribution is 2.39. The zero-order valence-corrected chi connectivity index (χ0v) is 18.1. The molecule has 0 bridgehead atoms. The number of aromatic nitrogens is 4. The highest BCUT2D eigenvalue weighted by molar-refractivity contribution is 6.34. The van der Waals surface area contributed by atoms with Crippen molar-refractivity contribution in [3.8, 4) is 6.07 Å². The van der Waals surface area contributed by atoms with Crippen LogP contribution in [0, 0.1) is 18.3 Å². The molecule has 2 aliphatic heterocycles. The zero-order chi connectivity index (χ0) is 21.5. The largest absolute Gasteiger partial charge is 0.378 e. The Kier molecular flexibility index (Phi) is 5.14. The van der Waals surface area contributed by atoms with Gasteiger partial charge in [0.15, 0.2) is 11.5 Å². The Morgan fingerprint density at radius 2 is 2.13 bits per heavy atom. The summed E-state index contributed by atoms with van der Waals surface area (Å²) >= 11 is 6.79. The van der Waals surface area contributed by atoms with Crippen LogP contribution < -0.4 is 10.6 Å². The van der Waals surface area contributed by atoms with E-state index in [2.05, 4.69) is 36.7 Å². The summed E-state index contributed by atoms with van der Waals surface area (Å²) in [5.41, 5.74) is 3.72. The molecule has 31 heavy (non-hydrogen) atoms. The van der Waals surface area contributed by atoms with Crippen molar-refractivity contribution in [1.82, 2.24) is 24.5 Å². The second-order valence-electron chi connectivity index (χ2n) is 7.96. The number of rotatable bonds is 6. The van der Waals surface area contributed by atoms with Crippen molar-refractivity contribution in [2.75, 3.05) is 43.5 Å². The molecule has 0 spiro atoms. The molecule has 9 nitrogen and oxygen atoms in total. The lowest BCUT2D eigenvalue weighted by Crippen LogP contribution is -2.58. The summed E-state index contributed by atoms with van der Waals surface area (Å²) in [6, 6.07) is 6.38. The number of benzene rings is 1. The van der Waals surface area contributed by atoms with Gasteiger partial charge in [-0.15, -0.1) is 5.10 Å². The monoisotopic (exact) mass is 438 g/mol. The predicted octanol–water partition coefficient (Wildman–Crippen LogP) is 2.93. The van der Waals surface area contributed by atoms with Crippen LogP contribution in [-0.2, 0) is 4.74 Å². The van der Waals surface area contributed by atoms with Gasteiger partial charge in [-0.2, -0.15) is 10.2 Å². The Labute approximate surface area is 185 Å². The van der Waals surface area contributed by atoms with Crippen molar-refractivity contribution < 1.29 is 4.74 Å². The molecule has 0 unspecified atom stereocenters. The number of aryl methyl sites for hydroxylation is 1. The van der Waals surface area contributed by atoms with Crippen molar-refractivity contribution in [3.63, 3.8) is 0 Å². The molecular weight excluding hydrogens is 416 g/mol. The summed E-state index contributed by atoms with van der Waals surface area (Å²) in [5, 5.41) is 21.2. The van der Waals surface area contributed by atoms with Crippen molar-refractivity contribution in [2.45, 2.75) is 25.8 Å². The molecule has 2 aromatic heterocycles. The summed E-state index contributed by atoms with van der Waals surface area (Å²) in [7, 11) is 0. The summed E-state index contributed by atoms with van der Waals surface area (Å²) in [4.78, 5) is 11.4. The maximum Gasteiger partial charge on any atom is 0.247 e. The number of anilines is 3. The minimum atomic E-state index is 0.290. The standard InChI is InChI=1S/C21H23ClN8O/c1-3-24-19-20-25-7-12(2)30(20)28-21(27-19)26-17-5-13(6-23)4-16(18(17)22)14-8-29(9-14)15-10-31-11-15/h4-5,7,14-15H,3,8-11H2,1-2H3,(H2,24,26,27,28). The first-order valence-corrected chi connectivity index (χ1v) is 10.7. The zero-order valence-electron chi connectivity index (χ0n) is 17.4. The second kappa shape index (κ2) is 7.96. The number of fused-ring (bicyclic) bond motifs is 1. The normalized spacial score (nSPS) is 17.2. The van der Waals surface area contributed by atoms with Gasteiger partial charge in [0.05, 0.1) is 53.5 Å². The Morgan fingerprint density at radius 3 is 2.81 bits per heavy atom. The average Bonchev–Trinajstić information content (AvgIpc) is 3.06. The minimum absolute atomic E-state index is 0.290. The molecule has 0 atom stereocenters. The smallest absolute Gasteiger partial charge is 0.247 e. The van der Waals surface area contributed by atoms with E-state index in [1.807, 2.05) is 19.9 Å². The first-order chi connectivity index (χ1) is 15.1. The molecule has 10 heteroatoms. The van der Waals surface area contributed by atoms with Crippen LogP contribution in [0.3, 0.4) is 0 Å². The van der Waals surface area contributed by atoms with Crippen molar-refractivity contribution >= 4 is 34.7 Å². The lowest BCUT2D eigenvalue weighted by Gasteiger charge is -2.47. The van der Waals surface area contributed by atoms with Crippen LogP contribution in [0.4, 0.5) is 17.5 Å². The van der Waals surface area contributed by atoms with Crippen LogP contribution in [0.5, 0.6) is 0 Å². The summed E-state index contributed by atoms with van der Waals surface area (Å²) in [5.74, 6) is 1.31. The Hall–Kier alpha value is -2.93. The van der Waals surface area contributed by atoms with Gasteiger partial charge in [-0.1, -0.05) is 11.6 Å². The van der Waals surface area contributed by atoms with Gasteiger partial charge in [-0.05, 0) is 31.5 Å². The van der Waals surface area contributed by atoms with Gasteiger partial charge in [-0.25, -0.2) is 9.50 Å². The molecule has 2 saturated heterocycles. The highest BCUT2D eigenvalue weighted by Gasteiger charge is 2.37. The van der Waals surface area contributed by atoms with E-state index in [0.717, 1.165) is 37.6 Å². The molecule has 5 rings (SSSR count). The van der Waals surface area contributed by atoms with Gasteiger partial charge in [-0.3, -0.25) is 4.90 Å². The average molecular weight is 439 g/mol. The number of nitriles is 1. The highest BCUT2D eigenvalue weighted by atomic mass is 35.5. The van der Waals surface area contributed by atoms with Gasteiger partial charge >= 0.3 is 0 Å². The molecule has 0 aliphatic carbocycles. The topological polar surface area (TPSA) is 103 Å². The SMILES string of the molecule is CCNc1nc(Nc2cc(C#N)cc(C3CN(C4COC4)C3)c2Cl)nn2c(C)cnc12. The molecule has 2 N–H and O–H groups in total. The number of halogens is 1. The number of nitrogens with zero attached hydrogens (tertiary/aromatic N) is 6. The number of likely N-dealkylation sites (tertiary alicyclic amines) is 1. The van der Waals surface area contributed by atoms with Crippen molar-refractivity contribution in [2.24, 2.45) is 0 Å². The third-order valence-corrected chi connectivity index (χ3v) is 6.26.